The van der Waals surface area contributed by atoms with Gasteiger partial charge in [0.25, 0.3) is 0 Å². The molecule has 0 aromatic carbocycles. The maximum atomic E-state index is 12.6. The minimum atomic E-state index is -4.30. The molecule has 2 atom stereocenters. The van der Waals surface area contributed by atoms with Crippen LogP contribution >= 0.6 is 0 Å². The van der Waals surface area contributed by atoms with E-state index in [9.17, 15) is 13.2 Å². The van der Waals surface area contributed by atoms with Crippen LogP contribution in [0.1, 0.15) is 12.0 Å². The Morgan fingerprint density at radius 3 is 2.94 bits per heavy atom. The monoisotopic (exact) mass is 257 g/mol. The number of hydrogen-bond acceptors (Lipinski definition) is 3. The number of pyridine rings is 1. The van der Waals surface area contributed by atoms with Crippen molar-refractivity contribution in [3.63, 3.8) is 0 Å². The summed E-state index contributed by atoms with van der Waals surface area (Å²) < 4.78 is 37.9. The molecule has 2 saturated heterocycles. The molecule has 1 unspecified atom stereocenters. The lowest BCUT2D eigenvalue weighted by atomic mass is 9.83. The molecule has 0 bridgehead atoms. The number of rotatable bonds is 1. The molecule has 2 aliphatic rings. The van der Waals surface area contributed by atoms with E-state index >= 15 is 0 Å². The lowest BCUT2D eigenvalue weighted by Gasteiger charge is -2.51. The minimum absolute atomic E-state index is 0.301. The standard InChI is InChI=1S/C12H14F3N3/c13-12(14,15)9-2-4-17-11(5-9)18-7-8-1-3-16-6-10(8)18/h2,4-5,8,10,16H,1,3,6-7H2/t8-,10?/m0/s1. The number of halogens is 3. The fourth-order valence-electron chi connectivity index (χ4n) is 2.74. The molecule has 0 amide bonds. The fourth-order valence-corrected chi connectivity index (χ4v) is 2.74. The highest BCUT2D eigenvalue weighted by atomic mass is 19.4. The fraction of sp³-hybridized carbons (Fsp3) is 0.583. The summed E-state index contributed by atoms with van der Waals surface area (Å²) in [5, 5.41) is 3.27. The molecule has 2 fully saturated rings. The average molecular weight is 257 g/mol. The summed E-state index contributed by atoms with van der Waals surface area (Å²) in [6.45, 7) is 2.66. The van der Waals surface area contributed by atoms with Crippen LogP contribution in [0.3, 0.4) is 0 Å². The minimum Gasteiger partial charge on any atom is -0.352 e. The molecule has 98 valence electrons. The van der Waals surface area contributed by atoms with Gasteiger partial charge in [-0.15, -0.1) is 0 Å². The Labute approximate surface area is 103 Å². The highest BCUT2D eigenvalue weighted by Crippen LogP contribution is 2.36. The Bertz CT molecular complexity index is 446. The predicted octanol–water partition coefficient (Wildman–Crippen LogP) is 1.90. The molecule has 1 aromatic rings. The molecule has 0 spiro atoms. The third-order valence-electron chi connectivity index (χ3n) is 3.79. The van der Waals surface area contributed by atoms with Crippen molar-refractivity contribution in [3.05, 3.63) is 23.9 Å². The summed E-state index contributed by atoms with van der Waals surface area (Å²) in [5.41, 5.74) is -0.625. The van der Waals surface area contributed by atoms with Crippen LogP contribution in [-0.4, -0.2) is 30.7 Å². The van der Waals surface area contributed by atoms with Crippen LogP contribution in [0.25, 0.3) is 0 Å². The Morgan fingerprint density at radius 2 is 2.22 bits per heavy atom. The van der Waals surface area contributed by atoms with Crippen molar-refractivity contribution < 1.29 is 13.2 Å². The Hall–Kier alpha value is -1.30. The van der Waals surface area contributed by atoms with Gasteiger partial charge in [0.1, 0.15) is 5.82 Å². The Kier molecular flexibility index (Phi) is 2.69. The second kappa shape index (κ2) is 4.12. The molecule has 0 saturated carbocycles. The number of anilines is 1. The average Bonchev–Trinajstić information content (AvgIpc) is 2.30. The zero-order chi connectivity index (χ0) is 12.8. The summed E-state index contributed by atoms with van der Waals surface area (Å²) >= 11 is 0. The second-order valence-electron chi connectivity index (χ2n) is 4.87. The number of nitrogens with one attached hydrogen (secondary N) is 1. The molecular formula is C12H14F3N3. The normalized spacial score (nSPS) is 27.6. The lowest BCUT2D eigenvalue weighted by molar-refractivity contribution is -0.137. The third kappa shape index (κ3) is 1.94. The van der Waals surface area contributed by atoms with E-state index in [0.29, 0.717) is 17.8 Å². The maximum Gasteiger partial charge on any atom is 0.416 e. The zero-order valence-electron chi connectivity index (χ0n) is 9.74. The van der Waals surface area contributed by atoms with Crippen LogP contribution in [0.2, 0.25) is 0 Å². The molecule has 6 heteroatoms. The van der Waals surface area contributed by atoms with Crippen molar-refractivity contribution >= 4 is 5.82 Å². The SMILES string of the molecule is FC(F)(F)c1ccnc(N2C[C@@H]3CCNCC32)c1. The summed E-state index contributed by atoms with van der Waals surface area (Å²) in [4.78, 5) is 6.03. The maximum absolute atomic E-state index is 12.6. The first kappa shape index (κ1) is 11.8. The van der Waals surface area contributed by atoms with E-state index in [-0.39, 0.29) is 0 Å². The van der Waals surface area contributed by atoms with Gasteiger partial charge in [-0.05, 0) is 31.0 Å². The van der Waals surface area contributed by atoms with Crippen LogP contribution in [-0.2, 0) is 6.18 Å². The molecule has 1 aromatic heterocycles. The van der Waals surface area contributed by atoms with Gasteiger partial charge in [-0.25, -0.2) is 4.98 Å². The van der Waals surface area contributed by atoms with Gasteiger partial charge < -0.3 is 10.2 Å². The molecule has 18 heavy (non-hydrogen) atoms. The topological polar surface area (TPSA) is 28.2 Å². The second-order valence-corrected chi connectivity index (χ2v) is 4.87. The molecule has 0 aliphatic carbocycles. The van der Waals surface area contributed by atoms with Gasteiger partial charge in [-0.1, -0.05) is 0 Å². The Balaban J connectivity index is 1.81. The van der Waals surface area contributed by atoms with Gasteiger partial charge in [0.15, 0.2) is 0 Å². The first-order chi connectivity index (χ1) is 8.55. The van der Waals surface area contributed by atoms with Crippen LogP contribution < -0.4 is 10.2 Å². The van der Waals surface area contributed by atoms with Crippen LogP contribution in [0, 0.1) is 5.92 Å². The number of alkyl halides is 3. The third-order valence-corrected chi connectivity index (χ3v) is 3.79. The molecular weight excluding hydrogens is 243 g/mol. The zero-order valence-corrected chi connectivity index (χ0v) is 9.74. The van der Waals surface area contributed by atoms with E-state index in [0.717, 1.165) is 38.2 Å². The smallest absolute Gasteiger partial charge is 0.352 e. The summed E-state index contributed by atoms with van der Waals surface area (Å²) in [6.07, 6.45) is -1.96. The van der Waals surface area contributed by atoms with Crippen molar-refractivity contribution in [1.82, 2.24) is 10.3 Å². The van der Waals surface area contributed by atoms with E-state index in [2.05, 4.69) is 10.3 Å². The summed E-state index contributed by atoms with van der Waals surface area (Å²) in [5.74, 6) is 1.04. The number of piperidine rings is 1. The first-order valence-corrected chi connectivity index (χ1v) is 6.06. The van der Waals surface area contributed by atoms with Crippen molar-refractivity contribution in [3.8, 4) is 0 Å². The molecule has 2 aliphatic heterocycles. The van der Waals surface area contributed by atoms with Crippen LogP contribution in [0.5, 0.6) is 0 Å². The molecule has 0 radical (unpaired) electrons. The van der Waals surface area contributed by atoms with Gasteiger partial charge in [0, 0.05) is 25.3 Å². The number of nitrogens with zero attached hydrogens (tertiary/aromatic N) is 2. The Morgan fingerprint density at radius 1 is 1.39 bits per heavy atom. The number of fused-ring (bicyclic) bond motifs is 1. The van der Waals surface area contributed by atoms with E-state index < -0.39 is 11.7 Å². The summed E-state index contributed by atoms with van der Waals surface area (Å²) in [6, 6.07) is 2.46. The van der Waals surface area contributed by atoms with Gasteiger partial charge in [0.05, 0.1) is 5.56 Å². The molecule has 3 nitrogen and oxygen atoms in total. The largest absolute Gasteiger partial charge is 0.416 e. The number of aromatic nitrogens is 1. The lowest BCUT2D eigenvalue weighted by Crippen LogP contribution is -2.64. The first-order valence-electron chi connectivity index (χ1n) is 6.06. The van der Waals surface area contributed by atoms with Crippen molar-refractivity contribution in [2.75, 3.05) is 24.5 Å². The molecule has 3 heterocycles. The van der Waals surface area contributed by atoms with Crippen molar-refractivity contribution in [1.29, 1.82) is 0 Å². The summed E-state index contributed by atoms with van der Waals surface area (Å²) in [7, 11) is 0. The molecule has 3 rings (SSSR count). The van der Waals surface area contributed by atoms with E-state index in [4.69, 9.17) is 0 Å². The van der Waals surface area contributed by atoms with E-state index in [1.165, 1.54) is 6.20 Å². The highest BCUT2D eigenvalue weighted by Gasteiger charge is 2.41. The highest BCUT2D eigenvalue weighted by molar-refractivity contribution is 5.46. The van der Waals surface area contributed by atoms with E-state index in [1.807, 2.05) is 4.90 Å². The quantitative estimate of drug-likeness (QED) is 0.833. The predicted molar refractivity (Wildman–Crippen MR) is 61.3 cm³/mol. The molecule has 1 N–H and O–H groups in total. The number of hydrogen-bond donors (Lipinski definition) is 1. The van der Waals surface area contributed by atoms with Gasteiger partial charge >= 0.3 is 6.18 Å². The van der Waals surface area contributed by atoms with Crippen LogP contribution in [0.4, 0.5) is 19.0 Å². The van der Waals surface area contributed by atoms with Gasteiger partial charge in [-0.3, -0.25) is 0 Å². The van der Waals surface area contributed by atoms with E-state index in [1.54, 1.807) is 0 Å². The van der Waals surface area contributed by atoms with Crippen LogP contribution in [0.15, 0.2) is 18.3 Å². The van der Waals surface area contributed by atoms with Crippen molar-refractivity contribution in [2.45, 2.75) is 18.6 Å². The van der Waals surface area contributed by atoms with Gasteiger partial charge in [0.2, 0.25) is 0 Å². The van der Waals surface area contributed by atoms with Gasteiger partial charge in [-0.2, -0.15) is 13.2 Å². The van der Waals surface area contributed by atoms with Crippen molar-refractivity contribution in [2.24, 2.45) is 5.92 Å².